The molecule has 0 aromatic rings. The maximum absolute atomic E-state index is 12.1. The van der Waals surface area contributed by atoms with E-state index in [9.17, 15) is 9.59 Å². The molecule has 1 rings (SSSR count). The fourth-order valence-electron chi connectivity index (χ4n) is 2.52. The largest absolute Gasteiger partial charge is 0.444 e. The van der Waals surface area contributed by atoms with Crippen molar-refractivity contribution in [3.8, 4) is 0 Å². The van der Waals surface area contributed by atoms with Gasteiger partial charge in [-0.1, -0.05) is 0 Å². The van der Waals surface area contributed by atoms with E-state index in [0.717, 1.165) is 19.1 Å². The average Bonchev–Trinajstić information content (AvgIpc) is 2.48. The van der Waals surface area contributed by atoms with E-state index in [1.54, 1.807) is 4.90 Å². The van der Waals surface area contributed by atoms with Crippen molar-refractivity contribution in [2.24, 2.45) is 5.92 Å². The smallest absolute Gasteiger partial charge is 0.410 e. The van der Waals surface area contributed by atoms with Crippen molar-refractivity contribution in [3.05, 3.63) is 0 Å². The molecular weight excluding hydrogens is 230 g/mol. The minimum absolute atomic E-state index is 0.185. The first-order valence-corrected chi connectivity index (χ1v) is 6.60. The summed E-state index contributed by atoms with van der Waals surface area (Å²) in [4.78, 5) is 24.4. The van der Waals surface area contributed by atoms with Crippen LogP contribution in [-0.4, -0.2) is 35.0 Å². The average molecular weight is 255 g/mol. The summed E-state index contributed by atoms with van der Waals surface area (Å²) in [6, 6.07) is 0. The lowest BCUT2D eigenvalue weighted by Crippen LogP contribution is -2.45. The topological polar surface area (TPSA) is 46.6 Å². The lowest BCUT2D eigenvalue weighted by molar-refractivity contribution is -0.108. The maximum atomic E-state index is 12.1. The second-order valence-electron chi connectivity index (χ2n) is 6.72. The SMILES string of the molecule is CC(C)(C)OC(=O)N1CC(CCC=O)CC1(C)C. The second kappa shape index (κ2) is 5.29. The Morgan fingerprint density at radius 3 is 2.56 bits per heavy atom. The van der Waals surface area contributed by atoms with Crippen molar-refractivity contribution in [3.63, 3.8) is 0 Å². The van der Waals surface area contributed by atoms with Crippen molar-refractivity contribution >= 4 is 12.4 Å². The van der Waals surface area contributed by atoms with Gasteiger partial charge in [-0.2, -0.15) is 0 Å². The molecule has 0 radical (unpaired) electrons. The third-order valence-electron chi connectivity index (χ3n) is 3.27. The highest BCUT2D eigenvalue weighted by atomic mass is 16.6. The van der Waals surface area contributed by atoms with Gasteiger partial charge in [0.05, 0.1) is 0 Å². The van der Waals surface area contributed by atoms with Gasteiger partial charge in [0, 0.05) is 18.5 Å². The zero-order valence-corrected chi connectivity index (χ0v) is 12.2. The van der Waals surface area contributed by atoms with Gasteiger partial charge in [0.25, 0.3) is 0 Å². The highest BCUT2D eigenvalue weighted by Gasteiger charge is 2.42. The number of rotatable bonds is 3. The molecule has 104 valence electrons. The fraction of sp³-hybridized carbons (Fsp3) is 0.857. The zero-order valence-electron chi connectivity index (χ0n) is 12.2. The first kappa shape index (κ1) is 15.0. The van der Waals surface area contributed by atoms with E-state index in [0.29, 0.717) is 18.9 Å². The molecule has 0 N–H and O–H groups in total. The molecule has 4 nitrogen and oxygen atoms in total. The normalized spacial score (nSPS) is 22.9. The first-order chi connectivity index (χ1) is 8.15. The lowest BCUT2D eigenvalue weighted by atomic mass is 9.94. The molecule has 1 amide bonds. The molecule has 1 unspecified atom stereocenters. The van der Waals surface area contributed by atoms with Crippen LogP contribution in [0.3, 0.4) is 0 Å². The monoisotopic (exact) mass is 255 g/mol. The van der Waals surface area contributed by atoms with Crippen LogP contribution < -0.4 is 0 Å². The van der Waals surface area contributed by atoms with Crippen molar-refractivity contribution in [2.75, 3.05) is 6.54 Å². The van der Waals surface area contributed by atoms with E-state index in [2.05, 4.69) is 13.8 Å². The Balaban J connectivity index is 2.65. The Bertz CT molecular complexity index is 317. The Morgan fingerprint density at radius 2 is 2.06 bits per heavy atom. The third kappa shape index (κ3) is 4.00. The summed E-state index contributed by atoms with van der Waals surface area (Å²) in [6.45, 7) is 10.4. The van der Waals surface area contributed by atoms with Gasteiger partial charge >= 0.3 is 6.09 Å². The van der Waals surface area contributed by atoms with E-state index >= 15 is 0 Å². The third-order valence-corrected chi connectivity index (χ3v) is 3.27. The number of likely N-dealkylation sites (tertiary alicyclic amines) is 1. The van der Waals surface area contributed by atoms with Crippen molar-refractivity contribution < 1.29 is 14.3 Å². The summed E-state index contributed by atoms with van der Waals surface area (Å²) < 4.78 is 5.43. The molecule has 0 aromatic heterocycles. The van der Waals surface area contributed by atoms with Crippen LogP contribution in [0.25, 0.3) is 0 Å². The molecule has 4 heteroatoms. The summed E-state index contributed by atoms with van der Waals surface area (Å²) in [5, 5.41) is 0. The summed E-state index contributed by atoms with van der Waals surface area (Å²) in [5.74, 6) is 0.401. The maximum Gasteiger partial charge on any atom is 0.410 e. The second-order valence-corrected chi connectivity index (χ2v) is 6.72. The molecule has 0 bridgehead atoms. The Hall–Kier alpha value is -1.06. The molecule has 18 heavy (non-hydrogen) atoms. The van der Waals surface area contributed by atoms with Gasteiger partial charge in [-0.3, -0.25) is 0 Å². The van der Waals surface area contributed by atoms with Crippen LogP contribution in [0.15, 0.2) is 0 Å². The van der Waals surface area contributed by atoms with Gasteiger partial charge in [-0.15, -0.1) is 0 Å². The van der Waals surface area contributed by atoms with Gasteiger partial charge < -0.3 is 14.4 Å². The van der Waals surface area contributed by atoms with Crippen LogP contribution in [0.1, 0.15) is 53.9 Å². The molecule has 1 heterocycles. The fourth-order valence-corrected chi connectivity index (χ4v) is 2.52. The number of carbonyl (C=O) groups is 2. The molecule has 0 aliphatic carbocycles. The number of carbonyl (C=O) groups excluding carboxylic acids is 2. The molecule has 1 atom stereocenters. The van der Waals surface area contributed by atoms with Crippen molar-refractivity contribution in [2.45, 2.75) is 65.0 Å². The molecule has 1 saturated heterocycles. The van der Waals surface area contributed by atoms with E-state index in [4.69, 9.17) is 4.74 Å². The van der Waals surface area contributed by atoms with Crippen molar-refractivity contribution in [1.29, 1.82) is 0 Å². The minimum Gasteiger partial charge on any atom is -0.444 e. The minimum atomic E-state index is -0.464. The predicted molar refractivity (Wildman–Crippen MR) is 70.4 cm³/mol. The van der Waals surface area contributed by atoms with Gasteiger partial charge in [0.15, 0.2) is 0 Å². The summed E-state index contributed by atoms with van der Waals surface area (Å²) >= 11 is 0. The summed E-state index contributed by atoms with van der Waals surface area (Å²) in [6.07, 6.45) is 3.05. The lowest BCUT2D eigenvalue weighted by Gasteiger charge is -2.33. The van der Waals surface area contributed by atoms with Gasteiger partial charge in [0.1, 0.15) is 11.9 Å². The molecule has 0 spiro atoms. The Labute approximate surface area is 110 Å². The van der Waals surface area contributed by atoms with E-state index in [1.165, 1.54) is 0 Å². The number of hydrogen-bond acceptors (Lipinski definition) is 3. The quantitative estimate of drug-likeness (QED) is 0.728. The molecule has 0 saturated carbocycles. The molecule has 1 fully saturated rings. The number of hydrogen-bond donors (Lipinski definition) is 0. The van der Waals surface area contributed by atoms with Crippen LogP contribution in [0.5, 0.6) is 0 Å². The van der Waals surface area contributed by atoms with Crippen LogP contribution >= 0.6 is 0 Å². The molecule has 1 aliphatic rings. The van der Waals surface area contributed by atoms with E-state index < -0.39 is 5.60 Å². The first-order valence-electron chi connectivity index (χ1n) is 6.60. The molecule has 1 aliphatic heterocycles. The van der Waals surface area contributed by atoms with Gasteiger partial charge in [0.2, 0.25) is 0 Å². The number of aldehydes is 1. The highest BCUT2D eigenvalue weighted by Crippen LogP contribution is 2.35. The standard InChI is InChI=1S/C14H25NO3/c1-13(2,3)18-12(17)15-10-11(7-6-8-16)9-14(15,4)5/h8,11H,6-7,9-10H2,1-5H3. The number of ether oxygens (including phenoxy) is 1. The van der Waals surface area contributed by atoms with Gasteiger partial charge in [-0.25, -0.2) is 4.79 Å². The summed E-state index contributed by atoms with van der Waals surface area (Å²) in [7, 11) is 0. The van der Waals surface area contributed by atoms with E-state index in [-0.39, 0.29) is 11.6 Å². The van der Waals surface area contributed by atoms with Crippen LogP contribution in [-0.2, 0) is 9.53 Å². The highest BCUT2D eigenvalue weighted by molar-refractivity contribution is 5.69. The van der Waals surface area contributed by atoms with Crippen LogP contribution in [0, 0.1) is 5.92 Å². The Morgan fingerprint density at radius 1 is 1.44 bits per heavy atom. The van der Waals surface area contributed by atoms with Crippen LogP contribution in [0.2, 0.25) is 0 Å². The molecule has 0 aromatic carbocycles. The Kier molecular flexibility index (Phi) is 4.41. The van der Waals surface area contributed by atoms with E-state index in [1.807, 2.05) is 20.8 Å². The van der Waals surface area contributed by atoms with Gasteiger partial charge in [-0.05, 0) is 53.4 Å². The number of amides is 1. The van der Waals surface area contributed by atoms with Crippen LogP contribution in [0.4, 0.5) is 4.79 Å². The zero-order chi connectivity index (χ0) is 14.0. The van der Waals surface area contributed by atoms with Crippen molar-refractivity contribution in [1.82, 2.24) is 4.90 Å². The molecular formula is C14H25NO3. The summed E-state index contributed by atoms with van der Waals surface area (Å²) in [5.41, 5.74) is -0.649. The number of nitrogens with zero attached hydrogens (tertiary/aromatic N) is 1. The predicted octanol–water partition coefficient (Wildman–Crippen LogP) is 3.00.